The van der Waals surface area contributed by atoms with Gasteiger partial charge in [0.2, 0.25) is 5.91 Å². The molecule has 2 aliphatic rings. The second kappa shape index (κ2) is 7.54. The SMILES string of the molecule is O=C(Cc1ccsc1)N1CC[C@@H]2OCCN(c3cccnc3)[C@H]2CC1. The standard InChI is InChI=1S/C19H23N3O2S/c23-19(12-15-5-11-25-14-15)21-7-3-17-18(4-8-21)24-10-9-22(17)16-2-1-6-20-13-16/h1-2,5-6,11,13-14,17-18H,3-4,7-10,12H2/t17-,18-/m0/s1. The molecule has 0 unspecified atom stereocenters. The lowest BCUT2D eigenvalue weighted by molar-refractivity contribution is -0.130. The van der Waals surface area contributed by atoms with Crippen LogP contribution in [0.4, 0.5) is 5.69 Å². The molecule has 2 aliphatic heterocycles. The highest BCUT2D eigenvalue weighted by atomic mass is 32.1. The zero-order valence-electron chi connectivity index (χ0n) is 14.2. The second-order valence-corrected chi connectivity index (χ2v) is 7.43. The van der Waals surface area contributed by atoms with Gasteiger partial charge in [-0.2, -0.15) is 11.3 Å². The molecule has 1 amide bonds. The molecule has 4 heterocycles. The number of aromatic nitrogens is 1. The first-order valence-corrected chi connectivity index (χ1v) is 9.82. The fourth-order valence-electron chi connectivity index (χ4n) is 3.85. The number of ether oxygens (including phenoxy) is 1. The van der Waals surface area contributed by atoms with Gasteiger partial charge in [0.1, 0.15) is 0 Å². The molecule has 6 heteroatoms. The first-order chi connectivity index (χ1) is 12.3. The molecule has 0 aliphatic carbocycles. The summed E-state index contributed by atoms with van der Waals surface area (Å²) in [7, 11) is 0. The van der Waals surface area contributed by atoms with Gasteiger partial charge in [-0.25, -0.2) is 0 Å². The van der Waals surface area contributed by atoms with Gasteiger partial charge in [-0.05, 0) is 47.4 Å². The zero-order chi connectivity index (χ0) is 17.1. The topological polar surface area (TPSA) is 45.7 Å². The van der Waals surface area contributed by atoms with Gasteiger partial charge in [-0.3, -0.25) is 9.78 Å². The van der Waals surface area contributed by atoms with Crippen LogP contribution in [0.5, 0.6) is 0 Å². The molecule has 2 saturated heterocycles. The predicted octanol–water partition coefficient (Wildman–Crippen LogP) is 2.58. The first kappa shape index (κ1) is 16.5. The van der Waals surface area contributed by atoms with E-state index >= 15 is 0 Å². The van der Waals surface area contributed by atoms with Crippen molar-refractivity contribution < 1.29 is 9.53 Å². The molecule has 2 fully saturated rings. The van der Waals surface area contributed by atoms with Crippen molar-refractivity contribution in [3.8, 4) is 0 Å². The Labute approximate surface area is 152 Å². The average molecular weight is 357 g/mol. The lowest BCUT2D eigenvalue weighted by atomic mass is 10.0. The number of nitrogens with zero attached hydrogens (tertiary/aromatic N) is 3. The fraction of sp³-hybridized carbons (Fsp3) is 0.474. The summed E-state index contributed by atoms with van der Waals surface area (Å²) in [6.07, 6.45) is 6.26. The Kier molecular flexibility index (Phi) is 4.99. The molecule has 5 nitrogen and oxygen atoms in total. The van der Waals surface area contributed by atoms with Crippen LogP contribution in [0, 0.1) is 0 Å². The molecular weight excluding hydrogens is 334 g/mol. The fourth-order valence-corrected chi connectivity index (χ4v) is 4.52. The summed E-state index contributed by atoms with van der Waals surface area (Å²) in [4.78, 5) is 21.3. The van der Waals surface area contributed by atoms with E-state index in [4.69, 9.17) is 4.74 Å². The van der Waals surface area contributed by atoms with E-state index in [1.54, 1.807) is 17.5 Å². The summed E-state index contributed by atoms with van der Waals surface area (Å²) in [5.41, 5.74) is 2.27. The van der Waals surface area contributed by atoms with E-state index < -0.39 is 0 Å². The largest absolute Gasteiger partial charge is 0.374 e. The number of rotatable bonds is 3. The number of morpholine rings is 1. The van der Waals surface area contributed by atoms with E-state index in [0.717, 1.165) is 50.3 Å². The lowest BCUT2D eigenvalue weighted by Gasteiger charge is -2.41. The van der Waals surface area contributed by atoms with Gasteiger partial charge in [0.25, 0.3) is 0 Å². The van der Waals surface area contributed by atoms with Crippen LogP contribution in [-0.4, -0.2) is 54.2 Å². The summed E-state index contributed by atoms with van der Waals surface area (Å²) in [5, 5.41) is 4.09. The minimum absolute atomic E-state index is 0.188. The molecule has 132 valence electrons. The lowest BCUT2D eigenvalue weighted by Crippen LogP contribution is -2.51. The molecule has 0 N–H and O–H groups in total. The summed E-state index contributed by atoms with van der Waals surface area (Å²) in [5.74, 6) is 0.227. The van der Waals surface area contributed by atoms with E-state index in [1.807, 2.05) is 28.6 Å². The number of amides is 1. The summed E-state index contributed by atoms with van der Waals surface area (Å²) in [6, 6.07) is 6.44. The summed E-state index contributed by atoms with van der Waals surface area (Å²) < 4.78 is 6.05. The van der Waals surface area contributed by atoms with Crippen molar-refractivity contribution in [1.82, 2.24) is 9.88 Å². The molecule has 0 aromatic carbocycles. The number of carbonyl (C=O) groups is 1. The monoisotopic (exact) mass is 357 g/mol. The zero-order valence-corrected chi connectivity index (χ0v) is 15.0. The van der Waals surface area contributed by atoms with Crippen LogP contribution >= 0.6 is 11.3 Å². The predicted molar refractivity (Wildman–Crippen MR) is 98.9 cm³/mol. The number of fused-ring (bicyclic) bond motifs is 1. The Balaban J connectivity index is 1.45. The Morgan fingerprint density at radius 2 is 2.20 bits per heavy atom. The van der Waals surface area contributed by atoms with Crippen molar-refractivity contribution >= 4 is 22.9 Å². The van der Waals surface area contributed by atoms with E-state index in [0.29, 0.717) is 12.5 Å². The van der Waals surface area contributed by atoms with Crippen molar-refractivity contribution in [2.75, 3.05) is 31.1 Å². The average Bonchev–Trinajstić information content (AvgIpc) is 3.05. The maximum Gasteiger partial charge on any atom is 0.227 e. The quantitative estimate of drug-likeness (QED) is 0.847. The van der Waals surface area contributed by atoms with Crippen molar-refractivity contribution in [2.45, 2.75) is 31.4 Å². The highest BCUT2D eigenvalue weighted by molar-refractivity contribution is 7.08. The first-order valence-electron chi connectivity index (χ1n) is 8.88. The molecule has 0 radical (unpaired) electrons. The third-order valence-electron chi connectivity index (χ3n) is 5.14. The van der Waals surface area contributed by atoms with Crippen LogP contribution in [0.3, 0.4) is 0 Å². The highest BCUT2D eigenvalue weighted by Gasteiger charge is 2.35. The third-order valence-corrected chi connectivity index (χ3v) is 5.87. The van der Waals surface area contributed by atoms with E-state index in [2.05, 4.69) is 21.3 Å². The Morgan fingerprint density at radius 1 is 1.28 bits per heavy atom. The van der Waals surface area contributed by atoms with Crippen LogP contribution in [-0.2, 0) is 16.0 Å². The molecule has 0 bridgehead atoms. The van der Waals surface area contributed by atoms with Gasteiger partial charge < -0.3 is 14.5 Å². The molecule has 2 aromatic heterocycles. The van der Waals surface area contributed by atoms with Gasteiger partial charge in [0, 0.05) is 25.8 Å². The van der Waals surface area contributed by atoms with E-state index in [1.165, 1.54) is 0 Å². The van der Waals surface area contributed by atoms with Crippen molar-refractivity contribution in [1.29, 1.82) is 0 Å². The third kappa shape index (κ3) is 3.70. The molecule has 0 spiro atoms. The van der Waals surface area contributed by atoms with Gasteiger partial charge in [0.05, 0.1) is 37.1 Å². The van der Waals surface area contributed by atoms with E-state index in [9.17, 15) is 4.79 Å². The molecule has 2 aromatic rings. The molecule has 25 heavy (non-hydrogen) atoms. The van der Waals surface area contributed by atoms with Crippen LogP contribution in [0.25, 0.3) is 0 Å². The minimum Gasteiger partial charge on any atom is -0.374 e. The van der Waals surface area contributed by atoms with Crippen LogP contribution in [0.1, 0.15) is 18.4 Å². The Morgan fingerprint density at radius 3 is 3.00 bits per heavy atom. The number of carbonyl (C=O) groups excluding carboxylic acids is 1. The van der Waals surface area contributed by atoms with Gasteiger partial charge >= 0.3 is 0 Å². The second-order valence-electron chi connectivity index (χ2n) is 6.65. The maximum absolute atomic E-state index is 12.6. The number of pyridine rings is 1. The molecular formula is C19H23N3O2S. The van der Waals surface area contributed by atoms with Crippen molar-refractivity contribution in [2.24, 2.45) is 0 Å². The molecule has 0 saturated carbocycles. The summed E-state index contributed by atoms with van der Waals surface area (Å²) >= 11 is 1.64. The number of hydrogen-bond donors (Lipinski definition) is 0. The number of hydrogen-bond acceptors (Lipinski definition) is 5. The van der Waals surface area contributed by atoms with Gasteiger partial charge in [0.15, 0.2) is 0 Å². The number of likely N-dealkylation sites (tertiary alicyclic amines) is 1. The minimum atomic E-state index is 0.188. The van der Waals surface area contributed by atoms with Crippen LogP contribution in [0.15, 0.2) is 41.4 Å². The Bertz CT molecular complexity index is 692. The Hall–Kier alpha value is -1.92. The van der Waals surface area contributed by atoms with Crippen molar-refractivity contribution in [3.63, 3.8) is 0 Å². The summed E-state index contributed by atoms with van der Waals surface area (Å²) in [6.45, 7) is 3.20. The molecule has 4 rings (SSSR count). The van der Waals surface area contributed by atoms with Gasteiger partial charge in [-0.1, -0.05) is 0 Å². The van der Waals surface area contributed by atoms with Crippen LogP contribution in [0.2, 0.25) is 0 Å². The van der Waals surface area contributed by atoms with E-state index in [-0.39, 0.29) is 12.0 Å². The number of anilines is 1. The highest BCUT2D eigenvalue weighted by Crippen LogP contribution is 2.28. The van der Waals surface area contributed by atoms with Crippen molar-refractivity contribution in [3.05, 3.63) is 46.9 Å². The number of thiophene rings is 1. The smallest absolute Gasteiger partial charge is 0.227 e. The van der Waals surface area contributed by atoms with Crippen LogP contribution < -0.4 is 4.90 Å². The molecule has 2 atom stereocenters. The normalized spacial score (nSPS) is 23.8. The maximum atomic E-state index is 12.6. The van der Waals surface area contributed by atoms with Gasteiger partial charge in [-0.15, -0.1) is 0 Å².